The fourth-order valence-electron chi connectivity index (χ4n) is 3.84. The number of rotatable bonds is 4. The normalized spacial score (nSPS) is 17.1. The first-order valence-electron chi connectivity index (χ1n) is 9.95. The van der Waals surface area contributed by atoms with Gasteiger partial charge in [-0.1, -0.05) is 6.07 Å². The van der Waals surface area contributed by atoms with Gasteiger partial charge < -0.3 is 4.90 Å². The van der Waals surface area contributed by atoms with Gasteiger partial charge in [0.2, 0.25) is 0 Å². The van der Waals surface area contributed by atoms with E-state index in [9.17, 15) is 39.6 Å². The summed E-state index contributed by atoms with van der Waals surface area (Å²) in [6.45, 7) is 1.39. The van der Waals surface area contributed by atoms with E-state index in [4.69, 9.17) is 0 Å². The van der Waals surface area contributed by atoms with E-state index in [1.807, 2.05) is 0 Å². The molecule has 0 radical (unpaired) electrons. The van der Waals surface area contributed by atoms with Crippen molar-refractivity contribution in [1.82, 2.24) is 9.88 Å². The number of halogens is 6. The number of carbonyl (C=O) groups excluding carboxylic acids is 1. The van der Waals surface area contributed by atoms with Crippen molar-refractivity contribution in [3.05, 3.63) is 59.4 Å². The lowest BCUT2D eigenvalue weighted by atomic mass is 9.93. The second-order valence-electron chi connectivity index (χ2n) is 7.80. The Hall–Kier alpha value is -2.63. The third kappa shape index (κ3) is 5.31. The molecule has 2 heterocycles. The summed E-state index contributed by atoms with van der Waals surface area (Å²) in [5.74, 6) is -1.39. The molecule has 1 aromatic carbocycles. The molecule has 33 heavy (non-hydrogen) atoms. The molecule has 1 atom stereocenters. The van der Waals surface area contributed by atoms with Crippen LogP contribution in [0.2, 0.25) is 0 Å². The monoisotopic (exact) mass is 494 g/mol. The largest absolute Gasteiger partial charge is 0.418 e. The highest BCUT2D eigenvalue weighted by molar-refractivity contribution is 7.92. The maximum atomic E-state index is 13.2. The van der Waals surface area contributed by atoms with E-state index in [0.29, 0.717) is 6.07 Å². The number of aromatic nitrogens is 1. The summed E-state index contributed by atoms with van der Waals surface area (Å²) in [4.78, 5) is 16.9. The fraction of sp³-hybridized carbons (Fsp3) is 0.429. The molecule has 2 aromatic rings. The zero-order valence-electron chi connectivity index (χ0n) is 17.3. The summed E-state index contributed by atoms with van der Waals surface area (Å²) in [6, 6.07) is 5.32. The summed E-state index contributed by atoms with van der Waals surface area (Å²) in [6.07, 6.45) is -8.04. The van der Waals surface area contributed by atoms with Gasteiger partial charge in [0, 0.05) is 19.3 Å². The van der Waals surface area contributed by atoms with Crippen LogP contribution in [0.3, 0.4) is 0 Å². The number of likely N-dealkylation sites (tertiary alicyclic amines) is 1. The van der Waals surface area contributed by atoms with Crippen LogP contribution in [0, 0.1) is 5.92 Å². The Balaban J connectivity index is 1.73. The number of hydrogen-bond acceptors (Lipinski definition) is 4. The van der Waals surface area contributed by atoms with Crippen LogP contribution in [0.5, 0.6) is 0 Å². The molecule has 0 unspecified atom stereocenters. The van der Waals surface area contributed by atoms with Crippen LogP contribution in [0.15, 0.2) is 47.5 Å². The third-order valence-electron chi connectivity index (χ3n) is 5.79. The average molecular weight is 494 g/mol. The van der Waals surface area contributed by atoms with Gasteiger partial charge in [-0.3, -0.25) is 9.78 Å². The molecule has 0 aliphatic carbocycles. The van der Waals surface area contributed by atoms with Crippen molar-refractivity contribution in [1.29, 1.82) is 0 Å². The Labute approximate surface area is 186 Å². The van der Waals surface area contributed by atoms with E-state index in [1.165, 1.54) is 11.8 Å². The van der Waals surface area contributed by atoms with Crippen molar-refractivity contribution in [2.75, 3.05) is 13.1 Å². The second kappa shape index (κ2) is 8.96. The lowest BCUT2D eigenvalue weighted by Crippen LogP contribution is -2.43. The molecule has 0 spiro atoms. The SMILES string of the molecule is C[C@@H](C1CCN(C(=O)c2ncccc2C(F)(F)F)CC1)S(=O)(=O)c1cccc(C(F)(F)F)c1. The maximum absolute atomic E-state index is 13.2. The topological polar surface area (TPSA) is 67.3 Å². The van der Waals surface area contributed by atoms with E-state index in [0.717, 1.165) is 36.5 Å². The summed E-state index contributed by atoms with van der Waals surface area (Å²) in [5, 5.41) is -1.04. The molecule has 0 bridgehead atoms. The van der Waals surface area contributed by atoms with Crippen LogP contribution in [0.25, 0.3) is 0 Å². The number of carbonyl (C=O) groups is 1. The standard InChI is InChI=1S/C21H20F6N2O3S/c1-13(33(31,32)16-5-2-4-15(12-16)20(22,23)24)14-7-10-29(11-8-14)19(30)18-17(21(25,26)27)6-3-9-28-18/h2-6,9,12-14H,7-8,10-11H2,1H3/t13-/m0/s1. The van der Waals surface area contributed by atoms with E-state index in [-0.39, 0.29) is 25.9 Å². The van der Waals surface area contributed by atoms with Crippen molar-refractivity contribution < 1.29 is 39.6 Å². The molecule has 1 fully saturated rings. The first-order chi connectivity index (χ1) is 15.2. The van der Waals surface area contributed by atoms with Gasteiger partial charge in [0.1, 0.15) is 5.69 Å². The quantitative estimate of drug-likeness (QED) is 0.571. The smallest absolute Gasteiger partial charge is 0.337 e. The highest BCUT2D eigenvalue weighted by Gasteiger charge is 2.39. The van der Waals surface area contributed by atoms with Crippen LogP contribution < -0.4 is 0 Å². The molecule has 180 valence electrons. The van der Waals surface area contributed by atoms with Gasteiger partial charge in [-0.2, -0.15) is 26.3 Å². The Bertz CT molecular complexity index is 1120. The van der Waals surface area contributed by atoms with Gasteiger partial charge in [0.05, 0.1) is 21.3 Å². The summed E-state index contributed by atoms with van der Waals surface area (Å²) in [5.41, 5.74) is -2.96. The van der Waals surface area contributed by atoms with Crippen LogP contribution in [0.4, 0.5) is 26.3 Å². The number of alkyl halides is 6. The molecule has 1 amide bonds. The van der Waals surface area contributed by atoms with Crippen LogP contribution in [-0.4, -0.2) is 42.5 Å². The molecule has 1 saturated heterocycles. The van der Waals surface area contributed by atoms with E-state index < -0.39 is 61.0 Å². The molecule has 1 aromatic heterocycles. The molecule has 3 rings (SSSR count). The Morgan fingerprint density at radius 1 is 1.03 bits per heavy atom. The van der Waals surface area contributed by atoms with Crippen LogP contribution in [-0.2, 0) is 22.2 Å². The number of hydrogen-bond donors (Lipinski definition) is 0. The maximum Gasteiger partial charge on any atom is 0.418 e. The Kier molecular flexibility index (Phi) is 6.79. The molecule has 1 aliphatic heterocycles. The molecule has 5 nitrogen and oxygen atoms in total. The number of pyridine rings is 1. The predicted octanol–water partition coefficient (Wildman–Crippen LogP) is 4.83. The molecular formula is C21H20F6N2O3S. The highest BCUT2D eigenvalue weighted by Crippen LogP contribution is 2.35. The molecule has 0 N–H and O–H groups in total. The van der Waals surface area contributed by atoms with E-state index in [1.54, 1.807) is 0 Å². The van der Waals surface area contributed by atoms with Crippen molar-refractivity contribution >= 4 is 15.7 Å². The zero-order chi connectivity index (χ0) is 24.6. The molecule has 1 aliphatic rings. The predicted molar refractivity (Wildman–Crippen MR) is 106 cm³/mol. The summed E-state index contributed by atoms with van der Waals surface area (Å²) in [7, 11) is -4.10. The van der Waals surface area contributed by atoms with Crippen molar-refractivity contribution in [2.45, 2.75) is 42.3 Å². The summed E-state index contributed by atoms with van der Waals surface area (Å²) >= 11 is 0. The second-order valence-corrected chi connectivity index (χ2v) is 10.1. The van der Waals surface area contributed by atoms with Crippen LogP contribution in [0.1, 0.15) is 41.4 Å². The minimum absolute atomic E-state index is 0.000176. The molecule has 0 saturated carbocycles. The number of nitrogens with zero attached hydrogens (tertiary/aromatic N) is 2. The minimum Gasteiger partial charge on any atom is -0.337 e. The highest BCUT2D eigenvalue weighted by atomic mass is 32.2. The summed E-state index contributed by atoms with van der Waals surface area (Å²) < 4.78 is 104. The molecule has 12 heteroatoms. The first kappa shape index (κ1) is 25.0. The number of sulfone groups is 1. The third-order valence-corrected chi connectivity index (χ3v) is 8.06. The molecular weight excluding hydrogens is 474 g/mol. The van der Waals surface area contributed by atoms with Gasteiger partial charge in [0.25, 0.3) is 5.91 Å². The minimum atomic E-state index is -4.76. The van der Waals surface area contributed by atoms with Gasteiger partial charge in [-0.05, 0) is 56.0 Å². The van der Waals surface area contributed by atoms with Crippen molar-refractivity contribution in [3.63, 3.8) is 0 Å². The Morgan fingerprint density at radius 3 is 2.24 bits per heavy atom. The van der Waals surface area contributed by atoms with Gasteiger partial charge in [-0.25, -0.2) is 8.42 Å². The number of amides is 1. The van der Waals surface area contributed by atoms with Gasteiger partial charge in [0.15, 0.2) is 9.84 Å². The van der Waals surface area contributed by atoms with Crippen molar-refractivity contribution in [3.8, 4) is 0 Å². The lowest BCUT2D eigenvalue weighted by Gasteiger charge is -2.34. The van der Waals surface area contributed by atoms with Crippen molar-refractivity contribution in [2.24, 2.45) is 5.92 Å². The van der Waals surface area contributed by atoms with Gasteiger partial charge >= 0.3 is 12.4 Å². The zero-order valence-corrected chi connectivity index (χ0v) is 18.1. The number of benzene rings is 1. The Morgan fingerprint density at radius 2 is 1.67 bits per heavy atom. The lowest BCUT2D eigenvalue weighted by molar-refractivity contribution is -0.138. The van der Waals surface area contributed by atoms with E-state index >= 15 is 0 Å². The average Bonchev–Trinajstić information content (AvgIpc) is 2.77. The van der Waals surface area contributed by atoms with E-state index in [2.05, 4.69) is 4.98 Å². The number of piperidine rings is 1. The fourth-order valence-corrected chi connectivity index (χ4v) is 5.61. The van der Waals surface area contributed by atoms with Crippen LogP contribution >= 0.6 is 0 Å². The van der Waals surface area contributed by atoms with Gasteiger partial charge in [-0.15, -0.1) is 0 Å². The first-order valence-corrected chi connectivity index (χ1v) is 11.5.